The van der Waals surface area contributed by atoms with Crippen molar-refractivity contribution in [1.29, 1.82) is 0 Å². The maximum atomic E-state index is 11.1. The van der Waals surface area contributed by atoms with E-state index in [0.717, 1.165) is 18.8 Å². The molecule has 0 radical (unpaired) electrons. The van der Waals surface area contributed by atoms with Gasteiger partial charge in [-0.05, 0) is 51.5 Å². The SMILES string of the molecule is CC(=O)c1ccc(OCC=CCCOC(C)C)cc1. The molecule has 0 fully saturated rings. The Morgan fingerprint density at radius 1 is 1.21 bits per heavy atom. The number of ether oxygens (including phenoxy) is 2. The van der Waals surface area contributed by atoms with Gasteiger partial charge in [-0.1, -0.05) is 12.2 Å². The molecule has 1 aromatic rings. The predicted octanol–water partition coefficient (Wildman–Crippen LogP) is 3.64. The zero-order chi connectivity index (χ0) is 14.1. The second-order valence-corrected chi connectivity index (χ2v) is 4.57. The molecule has 0 spiro atoms. The molecule has 0 aliphatic heterocycles. The molecular weight excluding hydrogens is 240 g/mol. The molecule has 3 nitrogen and oxygen atoms in total. The molecule has 0 unspecified atom stereocenters. The second kappa shape index (κ2) is 8.48. The van der Waals surface area contributed by atoms with Crippen molar-refractivity contribution < 1.29 is 14.3 Å². The molecule has 0 aromatic heterocycles. The molecule has 0 aliphatic carbocycles. The molecule has 0 amide bonds. The number of Topliss-reactive ketones (excluding diaryl/α,β-unsaturated/α-hetero) is 1. The van der Waals surface area contributed by atoms with E-state index in [0.29, 0.717) is 12.2 Å². The third-order valence-electron chi connectivity index (χ3n) is 2.51. The lowest BCUT2D eigenvalue weighted by molar-refractivity contribution is 0.0825. The lowest BCUT2D eigenvalue weighted by Crippen LogP contribution is -2.02. The number of hydrogen-bond acceptors (Lipinski definition) is 3. The van der Waals surface area contributed by atoms with E-state index in [1.54, 1.807) is 19.1 Å². The number of benzene rings is 1. The summed E-state index contributed by atoms with van der Waals surface area (Å²) in [5.41, 5.74) is 0.703. The number of carbonyl (C=O) groups is 1. The minimum atomic E-state index is 0.0663. The number of carbonyl (C=O) groups excluding carboxylic acids is 1. The van der Waals surface area contributed by atoms with Crippen LogP contribution in [0.3, 0.4) is 0 Å². The van der Waals surface area contributed by atoms with Crippen molar-refractivity contribution >= 4 is 5.78 Å². The van der Waals surface area contributed by atoms with Crippen molar-refractivity contribution in [3.8, 4) is 5.75 Å². The first-order valence-electron chi connectivity index (χ1n) is 6.60. The van der Waals surface area contributed by atoms with Crippen LogP contribution in [0.15, 0.2) is 36.4 Å². The van der Waals surface area contributed by atoms with E-state index < -0.39 is 0 Å². The molecular formula is C16H22O3. The first-order chi connectivity index (χ1) is 9.09. The molecule has 19 heavy (non-hydrogen) atoms. The third-order valence-corrected chi connectivity index (χ3v) is 2.51. The smallest absolute Gasteiger partial charge is 0.159 e. The minimum absolute atomic E-state index is 0.0663. The normalized spacial score (nSPS) is 11.2. The zero-order valence-electron chi connectivity index (χ0n) is 11.9. The first kappa shape index (κ1) is 15.4. The standard InChI is InChI=1S/C16H22O3/c1-13(2)18-11-5-4-6-12-19-16-9-7-15(8-10-16)14(3)17/h4,6-10,13H,5,11-12H2,1-3H3. The van der Waals surface area contributed by atoms with Gasteiger partial charge in [0.1, 0.15) is 12.4 Å². The number of ketones is 1. The van der Waals surface area contributed by atoms with Crippen LogP contribution in [0.25, 0.3) is 0 Å². The number of rotatable bonds is 8. The molecule has 1 aromatic carbocycles. The molecule has 0 atom stereocenters. The van der Waals surface area contributed by atoms with Gasteiger partial charge < -0.3 is 9.47 Å². The van der Waals surface area contributed by atoms with Gasteiger partial charge in [-0.25, -0.2) is 0 Å². The van der Waals surface area contributed by atoms with Crippen LogP contribution in [0.2, 0.25) is 0 Å². The molecule has 0 aliphatic rings. The number of hydrogen-bond donors (Lipinski definition) is 0. The summed E-state index contributed by atoms with van der Waals surface area (Å²) in [4.78, 5) is 11.1. The van der Waals surface area contributed by atoms with Crippen LogP contribution in [0.4, 0.5) is 0 Å². The second-order valence-electron chi connectivity index (χ2n) is 4.57. The Hall–Kier alpha value is -1.61. The summed E-state index contributed by atoms with van der Waals surface area (Å²) in [5.74, 6) is 0.838. The Morgan fingerprint density at radius 2 is 1.89 bits per heavy atom. The van der Waals surface area contributed by atoms with Crippen LogP contribution >= 0.6 is 0 Å². The average Bonchev–Trinajstić information content (AvgIpc) is 2.38. The van der Waals surface area contributed by atoms with E-state index in [9.17, 15) is 4.79 Å². The summed E-state index contributed by atoms with van der Waals surface area (Å²) >= 11 is 0. The first-order valence-corrected chi connectivity index (χ1v) is 6.60. The van der Waals surface area contributed by atoms with Gasteiger partial charge in [0.25, 0.3) is 0 Å². The third kappa shape index (κ3) is 6.77. The van der Waals surface area contributed by atoms with Crippen LogP contribution in [0.1, 0.15) is 37.6 Å². The predicted molar refractivity (Wildman–Crippen MR) is 76.8 cm³/mol. The molecule has 0 saturated heterocycles. The van der Waals surface area contributed by atoms with Gasteiger partial charge in [0.15, 0.2) is 5.78 Å². The quantitative estimate of drug-likeness (QED) is 0.407. The van der Waals surface area contributed by atoms with E-state index in [1.165, 1.54) is 0 Å². The summed E-state index contributed by atoms with van der Waals surface area (Å²) in [7, 11) is 0. The summed E-state index contributed by atoms with van der Waals surface area (Å²) in [6.07, 6.45) is 5.20. The average molecular weight is 262 g/mol. The van der Waals surface area contributed by atoms with Crippen molar-refractivity contribution in [2.75, 3.05) is 13.2 Å². The van der Waals surface area contributed by atoms with Gasteiger partial charge in [-0.15, -0.1) is 0 Å². The van der Waals surface area contributed by atoms with E-state index in [-0.39, 0.29) is 11.9 Å². The largest absolute Gasteiger partial charge is 0.490 e. The summed E-state index contributed by atoms with van der Waals surface area (Å²) in [6.45, 7) is 6.87. The Balaban J connectivity index is 2.22. The highest BCUT2D eigenvalue weighted by molar-refractivity contribution is 5.94. The van der Waals surface area contributed by atoms with Crippen molar-refractivity contribution in [2.45, 2.75) is 33.3 Å². The Morgan fingerprint density at radius 3 is 2.47 bits per heavy atom. The van der Waals surface area contributed by atoms with E-state index in [4.69, 9.17) is 9.47 Å². The molecule has 104 valence electrons. The van der Waals surface area contributed by atoms with Crippen LogP contribution in [0, 0.1) is 0 Å². The molecule has 0 saturated carbocycles. The maximum Gasteiger partial charge on any atom is 0.159 e. The van der Waals surface area contributed by atoms with Crippen molar-refractivity contribution in [3.63, 3.8) is 0 Å². The highest BCUT2D eigenvalue weighted by atomic mass is 16.5. The van der Waals surface area contributed by atoms with Gasteiger partial charge in [0, 0.05) is 5.56 Å². The van der Waals surface area contributed by atoms with Crippen LogP contribution in [-0.4, -0.2) is 25.1 Å². The fourth-order valence-corrected chi connectivity index (χ4v) is 1.49. The zero-order valence-corrected chi connectivity index (χ0v) is 11.9. The van der Waals surface area contributed by atoms with Crippen molar-refractivity contribution in [1.82, 2.24) is 0 Å². The van der Waals surface area contributed by atoms with Gasteiger partial charge >= 0.3 is 0 Å². The Kier molecular flexibility index (Phi) is 6.90. The molecule has 0 bridgehead atoms. The van der Waals surface area contributed by atoms with E-state index in [1.807, 2.05) is 38.1 Å². The highest BCUT2D eigenvalue weighted by Crippen LogP contribution is 2.12. The monoisotopic (exact) mass is 262 g/mol. The van der Waals surface area contributed by atoms with Gasteiger partial charge in [0.2, 0.25) is 0 Å². The fraction of sp³-hybridized carbons (Fsp3) is 0.438. The molecule has 3 heteroatoms. The lowest BCUT2D eigenvalue weighted by Gasteiger charge is -2.05. The summed E-state index contributed by atoms with van der Waals surface area (Å²) in [6, 6.07) is 7.18. The minimum Gasteiger partial charge on any atom is -0.490 e. The van der Waals surface area contributed by atoms with Crippen LogP contribution < -0.4 is 4.74 Å². The fourth-order valence-electron chi connectivity index (χ4n) is 1.49. The maximum absolute atomic E-state index is 11.1. The van der Waals surface area contributed by atoms with E-state index in [2.05, 4.69) is 0 Å². The van der Waals surface area contributed by atoms with Crippen molar-refractivity contribution in [3.05, 3.63) is 42.0 Å². The molecule has 0 N–H and O–H groups in total. The van der Waals surface area contributed by atoms with E-state index >= 15 is 0 Å². The highest BCUT2D eigenvalue weighted by Gasteiger charge is 1.98. The summed E-state index contributed by atoms with van der Waals surface area (Å²) < 4.78 is 10.9. The van der Waals surface area contributed by atoms with Crippen LogP contribution in [-0.2, 0) is 4.74 Å². The summed E-state index contributed by atoms with van der Waals surface area (Å²) in [5, 5.41) is 0. The lowest BCUT2D eigenvalue weighted by atomic mass is 10.1. The van der Waals surface area contributed by atoms with Gasteiger partial charge in [0.05, 0.1) is 12.7 Å². The van der Waals surface area contributed by atoms with Crippen molar-refractivity contribution in [2.24, 2.45) is 0 Å². The van der Waals surface area contributed by atoms with Gasteiger partial charge in [-0.2, -0.15) is 0 Å². The van der Waals surface area contributed by atoms with Gasteiger partial charge in [-0.3, -0.25) is 4.79 Å². The Labute approximate surface area is 115 Å². The Bertz CT molecular complexity index is 405. The van der Waals surface area contributed by atoms with Crippen LogP contribution in [0.5, 0.6) is 5.75 Å². The molecule has 0 heterocycles. The molecule has 1 rings (SSSR count). The topological polar surface area (TPSA) is 35.5 Å².